The summed E-state index contributed by atoms with van der Waals surface area (Å²) in [5.74, 6) is 1.83. The zero-order chi connectivity index (χ0) is 11.2. The molecule has 3 heteroatoms. The molecule has 0 aliphatic heterocycles. The van der Waals surface area contributed by atoms with Crippen molar-refractivity contribution in [3.63, 3.8) is 0 Å². The second kappa shape index (κ2) is 5.37. The minimum absolute atomic E-state index is 0.740. The van der Waals surface area contributed by atoms with Gasteiger partial charge in [-0.15, -0.1) is 0 Å². The smallest absolute Gasteiger partial charge is 0.119 e. The highest BCUT2D eigenvalue weighted by atomic mass is 16.5. The van der Waals surface area contributed by atoms with E-state index in [-0.39, 0.29) is 0 Å². The fraction of sp³-hybridized carbons (Fsp3) is 0.231. The van der Waals surface area contributed by atoms with Gasteiger partial charge in [0.05, 0.1) is 19.9 Å². The molecular formula is C13H15NO2. The van der Waals surface area contributed by atoms with E-state index in [0.717, 1.165) is 24.6 Å². The summed E-state index contributed by atoms with van der Waals surface area (Å²) in [6.07, 6.45) is 1.68. The van der Waals surface area contributed by atoms with Gasteiger partial charge in [0.1, 0.15) is 11.5 Å². The van der Waals surface area contributed by atoms with E-state index in [1.807, 2.05) is 30.3 Å². The topological polar surface area (TPSA) is 34.4 Å². The maximum absolute atomic E-state index is 5.23. The van der Waals surface area contributed by atoms with Crippen LogP contribution in [0.2, 0.25) is 0 Å². The highest BCUT2D eigenvalue weighted by Gasteiger charge is 1.97. The number of hydrogen-bond acceptors (Lipinski definition) is 3. The number of ether oxygens (including phenoxy) is 1. The van der Waals surface area contributed by atoms with Crippen LogP contribution in [0.25, 0.3) is 0 Å². The molecule has 0 aliphatic carbocycles. The molecule has 1 N–H and O–H groups in total. The molecule has 84 valence electrons. The molecule has 1 aromatic heterocycles. The Labute approximate surface area is 95.0 Å². The van der Waals surface area contributed by atoms with Gasteiger partial charge in [-0.3, -0.25) is 0 Å². The Balaban J connectivity index is 1.85. The lowest BCUT2D eigenvalue weighted by molar-refractivity contribution is 0.414. The van der Waals surface area contributed by atoms with Crippen LogP contribution in [0.3, 0.4) is 0 Å². The minimum Gasteiger partial charge on any atom is -0.497 e. The van der Waals surface area contributed by atoms with Gasteiger partial charge < -0.3 is 14.5 Å². The van der Waals surface area contributed by atoms with Crippen LogP contribution >= 0.6 is 0 Å². The molecule has 16 heavy (non-hydrogen) atoms. The van der Waals surface area contributed by atoms with Gasteiger partial charge in [-0.1, -0.05) is 12.1 Å². The van der Waals surface area contributed by atoms with E-state index in [1.165, 1.54) is 5.56 Å². The number of furan rings is 1. The van der Waals surface area contributed by atoms with Gasteiger partial charge >= 0.3 is 0 Å². The van der Waals surface area contributed by atoms with Crippen molar-refractivity contribution in [2.45, 2.75) is 13.1 Å². The van der Waals surface area contributed by atoms with Crippen LogP contribution in [-0.2, 0) is 13.1 Å². The average Bonchev–Trinajstić information content (AvgIpc) is 2.82. The van der Waals surface area contributed by atoms with E-state index in [4.69, 9.17) is 9.15 Å². The van der Waals surface area contributed by atoms with E-state index in [2.05, 4.69) is 11.4 Å². The zero-order valence-corrected chi connectivity index (χ0v) is 9.27. The Bertz CT molecular complexity index is 423. The predicted octanol–water partition coefficient (Wildman–Crippen LogP) is 2.58. The summed E-state index contributed by atoms with van der Waals surface area (Å²) in [4.78, 5) is 0. The second-order valence-corrected chi connectivity index (χ2v) is 3.53. The molecule has 1 aromatic carbocycles. The van der Waals surface area contributed by atoms with Crippen LogP contribution < -0.4 is 10.1 Å². The summed E-state index contributed by atoms with van der Waals surface area (Å²) >= 11 is 0. The molecule has 0 saturated carbocycles. The molecule has 0 spiro atoms. The number of hydrogen-bond donors (Lipinski definition) is 1. The first-order valence-electron chi connectivity index (χ1n) is 5.24. The van der Waals surface area contributed by atoms with Crippen molar-refractivity contribution in [3.05, 3.63) is 54.0 Å². The van der Waals surface area contributed by atoms with E-state index in [9.17, 15) is 0 Å². The Morgan fingerprint density at radius 3 is 2.88 bits per heavy atom. The lowest BCUT2D eigenvalue weighted by atomic mass is 10.2. The van der Waals surface area contributed by atoms with Gasteiger partial charge in [0.2, 0.25) is 0 Å². The van der Waals surface area contributed by atoms with Crippen molar-refractivity contribution in [2.24, 2.45) is 0 Å². The van der Waals surface area contributed by atoms with Gasteiger partial charge in [0.15, 0.2) is 0 Å². The highest BCUT2D eigenvalue weighted by Crippen LogP contribution is 2.12. The summed E-state index contributed by atoms with van der Waals surface area (Å²) in [7, 11) is 1.68. The fourth-order valence-electron chi connectivity index (χ4n) is 1.53. The molecule has 2 aromatic rings. The molecule has 0 radical (unpaired) electrons. The SMILES string of the molecule is COc1cccc(CNCc2ccco2)c1. The predicted molar refractivity (Wildman–Crippen MR) is 62.2 cm³/mol. The maximum Gasteiger partial charge on any atom is 0.119 e. The Kier molecular flexibility index (Phi) is 3.62. The maximum atomic E-state index is 5.23. The van der Waals surface area contributed by atoms with E-state index < -0.39 is 0 Å². The second-order valence-electron chi connectivity index (χ2n) is 3.53. The van der Waals surface area contributed by atoms with Crippen molar-refractivity contribution >= 4 is 0 Å². The van der Waals surface area contributed by atoms with Crippen molar-refractivity contribution in [1.29, 1.82) is 0 Å². The third-order valence-electron chi connectivity index (χ3n) is 2.34. The average molecular weight is 217 g/mol. The number of nitrogens with one attached hydrogen (secondary N) is 1. The molecule has 0 unspecified atom stereocenters. The van der Waals surface area contributed by atoms with Gasteiger partial charge in [0, 0.05) is 6.54 Å². The van der Waals surface area contributed by atoms with E-state index in [0.29, 0.717) is 0 Å². The quantitative estimate of drug-likeness (QED) is 0.835. The number of rotatable bonds is 5. The Morgan fingerprint density at radius 1 is 1.19 bits per heavy atom. The minimum atomic E-state index is 0.740. The monoisotopic (exact) mass is 217 g/mol. The standard InChI is InChI=1S/C13H15NO2/c1-15-12-5-2-4-11(8-12)9-14-10-13-6-3-7-16-13/h2-8,14H,9-10H2,1H3. The molecule has 0 aliphatic rings. The zero-order valence-electron chi connectivity index (χ0n) is 9.27. The van der Waals surface area contributed by atoms with Gasteiger partial charge in [-0.25, -0.2) is 0 Å². The van der Waals surface area contributed by atoms with Gasteiger partial charge in [0.25, 0.3) is 0 Å². The van der Waals surface area contributed by atoms with Crippen molar-refractivity contribution < 1.29 is 9.15 Å². The molecule has 1 heterocycles. The lowest BCUT2D eigenvalue weighted by Crippen LogP contribution is -2.12. The van der Waals surface area contributed by atoms with E-state index >= 15 is 0 Å². The third-order valence-corrected chi connectivity index (χ3v) is 2.34. The van der Waals surface area contributed by atoms with Crippen LogP contribution in [-0.4, -0.2) is 7.11 Å². The molecule has 3 nitrogen and oxygen atoms in total. The van der Waals surface area contributed by atoms with Gasteiger partial charge in [-0.05, 0) is 29.8 Å². The fourth-order valence-corrected chi connectivity index (χ4v) is 1.53. The summed E-state index contributed by atoms with van der Waals surface area (Å²) < 4.78 is 10.4. The molecule has 0 saturated heterocycles. The molecule has 0 bridgehead atoms. The first-order valence-corrected chi connectivity index (χ1v) is 5.24. The van der Waals surface area contributed by atoms with Gasteiger partial charge in [-0.2, -0.15) is 0 Å². The number of benzene rings is 1. The first kappa shape index (κ1) is 10.8. The Morgan fingerprint density at radius 2 is 2.12 bits per heavy atom. The Hall–Kier alpha value is -1.74. The van der Waals surface area contributed by atoms with Crippen LogP contribution in [0.1, 0.15) is 11.3 Å². The van der Waals surface area contributed by atoms with Crippen LogP contribution in [0.4, 0.5) is 0 Å². The van der Waals surface area contributed by atoms with Crippen LogP contribution in [0, 0.1) is 0 Å². The van der Waals surface area contributed by atoms with Crippen LogP contribution in [0.5, 0.6) is 5.75 Å². The summed E-state index contributed by atoms with van der Waals surface area (Å²) in [5, 5.41) is 3.31. The molecular weight excluding hydrogens is 202 g/mol. The summed E-state index contributed by atoms with van der Waals surface area (Å²) in [6, 6.07) is 11.9. The normalized spacial score (nSPS) is 10.3. The highest BCUT2D eigenvalue weighted by molar-refractivity contribution is 5.28. The van der Waals surface area contributed by atoms with Crippen LogP contribution in [0.15, 0.2) is 47.1 Å². The van der Waals surface area contributed by atoms with Crippen molar-refractivity contribution in [1.82, 2.24) is 5.32 Å². The summed E-state index contributed by atoms with van der Waals surface area (Å²) in [6.45, 7) is 1.54. The number of methoxy groups -OCH3 is 1. The van der Waals surface area contributed by atoms with Crippen molar-refractivity contribution in [2.75, 3.05) is 7.11 Å². The van der Waals surface area contributed by atoms with E-state index in [1.54, 1.807) is 13.4 Å². The molecule has 0 atom stereocenters. The third kappa shape index (κ3) is 2.87. The molecule has 0 fully saturated rings. The van der Waals surface area contributed by atoms with Crippen molar-refractivity contribution in [3.8, 4) is 5.75 Å². The first-order chi connectivity index (χ1) is 7.88. The molecule has 2 rings (SSSR count). The largest absolute Gasteiger partial charge is 0.497 e. The lowest BCUT2D eigenvalue weighted by Gasteiger charge is -2.05. The summed E-state index contributed by atoms with van der Waals surface area (Å²) in [5.41, 5.74) is 1.20. The molecule has 0 amide bonds.